The minimum absolute atomic E-state index is 0.181. The fraction of sp³-hybridized carbons (Fsp3) is 0.0769. The summed E-state index contributed by atoms with van der Waals surface area (Å²) in [6.07, 6.45) is 0. The molecule has 3 nitrogen and oxygen atoms in total. The third kappa shape index (κ3) is 3.47. The second kappa shape index (κ2) is 5.90. The molecule has 0 aliphatic rings. The Labute approximate surface area is 129 Å². The highest BCUT2D eigenvalue weighted by Gasteiger charge is 2.11. The topological polar surface area (TPSA) is 42.0 Å². The minimum Gasteiger partial charge on any atom is -0.321 e. The van der Waals surface area contributed by atoms with Crippen LogP contribution in [0, 0.1) is 6.92 Å². The Morgan fingerprint density at radius 1 is 1.26 bits per heavy atom. The van der Waals surface area contributed by atoms with Crippen LogP contribution in [0.2, 0.25) is 10.3 Å². The Bertz CT molecular complexity index is 626. The minimum atomic E-state index is -0.294. The van der Waals surface area contributed by atoms with Crippen LogP contribution < -0.4 is 5.32 Å². The Balaban J connectivity index is 2.28. The molecule has 2 rings (SSSR count). The van der Waals surface area contributed by atoms with Gasteiger partial charge in [-0.3, -0.25) is 4.79 Å². The van der Waals surface area contributed by atoms with Crippen molar-refractivity contribution in [2.45, 2.75) is 6.92 Å². The number of benzene rings is 1. The number of amides is 1. The van der Waals surface area contributed by atoms with Gasteiger partial charge in [-0.05, 0) is 46.6 Å². The van der Waals surface area contributed by atoms with Crippen molar-refractivity contribution in [3.8, 4) is 0 Å². The standard InChI is InChI=1S/C13H9BrCl2N2O/c1-7-3-2-4-9(12(7)14)17-13(19)8-5-10(15)18-11(16)6-8/h2-6H,1H3,(H,17,19). The van der Waals surface area contributed by atoms with Gasteiger partial charge in [0.1, 0.15) is 10.3 Å². The quantitative estimate of drug-likeness (QED) is 0.789. The van der Waals surface area contributed by atoms with Crippen molar-refractivity contribution < 1.29 is 4.79 Å². The van der Waals surface area contributed by atoms with E-state index in [2.05, 4.69) is 26.2 Å². The lowest BCUT2D eigenvalue weighted by Crippen LogP contribution is -2.12. The summed E-state index contributed by atoms with van der Waals surface area (Å²) in [5, 5.41) is 3.15. The van der Waals surface area contributed by atoms with Gasteiger partial charge in [-0.15, -0.1) is 0 Å². The molecule has 1 aromatic heterocycles. The Morgan fingerprint density at radius 3 is 2.53 bits per heavy atom. The number of nitrogens with one attached hydrogen (secondary N) is 1. The van der Waals surface area contributed by atoms with E-state index in [-0.39, 0.29) is 16.2 Å². The Morgan fingerprint density at radius 2 is 1.89 bits per heavy atom. The molecule has 19 heavy (non-hydrogen) atoms. The van der Waals surface area contributed by atoms with E-state index in [1.54, 1.807) is 6.07 Å². The second-order valence-electron chi connectivity index (χ2n) is 3.89. The fourth-order valence-electron chi connectivity index (χ4n) is 1.53. The summed E-state index contributed by atoms with van der Waals surface area (Å²) in [4.78, 5) is 15.9. The molecule has 1 heterocycles. The number of pyridine rings is 1. The SMILES string of the molecule is Cc1cccc(NC(=O)c2cc(Cl)nc(Cl)c2)c1Br. The van der Waals surface area contributed by atoms with Crippen LogP contribution in [-0.2, 0) is 0 Å². The molecule has 0 bridgehead atoms. The molecule has 0 radical (unpaired) electrons. The first-order chi connectivity index (χ1) is 8.97. The van der Waals surface area contributed by atoms with E-state index in [0.717, 1.165) is 10.0 Å². The van der Waals surface area contributed by atoms with Crippen molar-refractivity contribution in [1.29, 1.82) is 0 Å². The van der Waals surface area contributed by atoms with Crippen LogP contribution in [-0.4, -0.2) is 10.9 Å². The first-order valence-electron chi connectivity index (χ1n) is 5.37. The number of carbonyl (C=O) groups is 1. The lowest BCUT2D eigenvalue weighted by molar-refractivity contribution is 0.102. The lowest BCUT2D eigenvalue weighted by Gasteiger charge is -2.09. The van der Waals surface area contributed by atoms with Crippen LogP contribution in [0.1, 0.15) is 15.9 Å². The maximum absolute atomic E-state index is 12.1. The first-order valence-corrected chi connectivity index (χ1v) is 6.92. The van der Waals surface area contributed by atoms with E-state index in [9.17, 15) is 4.79 Å². The Hall–Kier alpha value is -1.10. The highest BCUT2D eigenvalue weighted by molar-refractivity contribution is 9.10. The van der Waals surface area contributed by atoms with Crippen molar-refractivity contribution >= 4 is 50.7 Å². The molecule has 1 amide bonds. The number of halogens is 3. The maximum atomic E-state index is 12.1. The van der Waals surface area contributed by atoms with Crippen molar-refractivity contribution in [1.82, 2.24) is 4.98 Å². The molecule has 1 N–H and O–H groups in total. The molecule has 1 aromatic carbocycles. The van der Waals surface area contributed by atoms with Crippen molar-refractivity contribution in [3.05, 3.63) is 56.2 Å². The summed E-state index contributed by atoms with van der Waals surface area (Å²) < 4.78 is 0.842. The molecule has 98 valence electrons. The summed E-state index contributed by atoms with van der Waals surface area (Å²) >= 11 is 15.0. The number of aryl methyl sites for hydroxylation is 1. The lowest BCUT2D eigenvalue weighted by atomic mass is 10.2. The predicted molar refractivity (Wildman–Crippen MR) is 81.1 cm³/mol. The van der Waals surface area contributed by atoms with Gasteiger partial charge in [-0.1, -0.05) is 35.3 Å². The fourth-order valence-corrected chi connectivity index (χ4v) is 2.36. The van der Waals surface area contributed by atoms with Gasteiger partial charge in [0.15, 0.2) is 0 Å². The third-order valence-electron chi connectivity index (χ3n) is 2.47. The molecule has 0 saturated heterocycles. The Kier molecular flexibility index (Phi) is 4.45. The molecule has 0 unspecified atom stereocenters. The van der Waals surface area contributed by atoms with Crippen LogP contribution in [0.15, 0.2) is 34.8 Å². The van der Waals surface area contributed by atoms with E-state index < -0.39 is 0 Å². The van der Waals surface area contributed by atoms with Gasteiger partial charge in [-0.2, -0.15) is 0 Å². The molecule has 0 spiro atoms. The molecule has 2 aromatic rings. The van der Waals surface area contributed by atoms with E-state index in [1.165, 1.54) is 12.1 Å². The van der Waals surface area contributed by atoms with Gasteiger partial charge in [0.05, 0.1) is 5.69 Å². The van der Waals surface area contributed by atoms with Gasteiger partial charge in [0.2, 0.25) is 0 Å². The number of hydrogen-bond donors (Lipinski definition) is 1. The van der Waals surface area contributed by atoms with Crippen LogP contribution >= 0.6 is 39.1 Å². The highest BCUT2D eigenvalue weighted by atomic mass is 79.9. The molecule has 0 atom stereocenters. The number of anilines is 1. The summed E-state index contributed by atoms with van der Waals surface area (Å²) in [5.41, 5.74) is 2.08. The van der Waals surface area contributed by atoms with Crippen LogP contribution in [0.4, 0.5) is 5.69 Å². The normalized spacial score (nSPS) is 10.3. The molecular formula is C13H9BrCl2N2O. The average molecular weight is 360 g/mol. The number of hydrogen-bond acceptors (Lipinski definition) is 2. The number of nitrogens with zero attached hydrogens (tertiary/aromatic N) is 1. The number of rotatable bonds is 2. The molecule has 6 heteroatoms. The van der Waals surface area contributed by atoms with E-state index in [1.807, 2.05) is 19.1 Å². The second-order valence-corrected chi connectivity index (χ2v) is 5.46. The largest absolute Gasteiger partial charge is 0.321 e. The van der Waals surface area contributed by atoms with Crippen LogP contribution in [0.3, 0.4) is 0 Å². The average Bonchev–Trinajstić information content (AvgIpc) is 2.33. The summed E-state index contributed by atoms with van der Waals surface area (Å²) in [5.74, 6) is -0.294. The number of carbonyl (C=O) groups excluding carboxylic acids is 1. The van der Waals surface area contributed by atoms with E-state index in [4.69, 9.17) is 23.2 Å². The molecule has 0 saturated carbocycles. The van der Waals surface area contributed by atoms with Crippen molar-refractivity contribution in [2.24, 2.45) is 0 Å². The molecule has 0 aliphatic carbocycles. The highest BCUT2D eigenvalue weighted by Crippen LogP contribution is 2.26. The zero-order valence-electron chi connectivity index (χ0n) is 9.88. The third-order valence-corrected chi connectivity index (χ3v) is 3.90. The molecular weight excluding hydrogens is 351 g/mol. The zero-order chi connectivity index (χ0) is 14.0. The smallest absolute Gasteiger partial charge is 0.255 e. The molecule has 0 fully saturated rings. The van der Waals surface area contributed by atoms with E-state index >= 15 is 0 Å². The summed E-state index contributed by atoms with van der Waals surface area (Å²) in [6, 6.07) is 8.54. The van der Waals surface area contributed by atoms with Gasteiger partial charge < -0.3 is 5.32 Å². The number of aromatic nitrogens is 1. The zero-order valence-corrected chi connectivity index (χ0v) is 13.0. The monoisotopic (exact) mass is 358 g/mol. The van der Waals surface area contributed by atoms with Gasteiger partial charge >= 0.3 is 0 Å². The first kappa shape index (κ1) is 14.3. The van der Waals surface area contributed by atoms with Crippen LogP contribution in [0.25, 0.3) is 0 Å². The molecule has 0 aliphatic heterocycles. The summed E-state index contributed by atoms with van der Waals surface area (Å²) in [6.45, 7) is 1.94. The van der Waals surface area contributed by atoms with Crippen molar-refractivity contribution in [3.63, 3.8) is 0 Å². The van der Waals surface area contributed by atoms with Gasteiger partial charge in [0, 0.05) is 10.0 Å². The van der Waals surface area contributed by atoms with Gasteiger partial charge in [-0.25, -0.2) is 4.98 Å². The predicted octanol–water partition coefficient (Wildman–Crippen LogP) is 4.71. The van der Waals surface area contributed by atoms with Crippen molar-refractivity contribution in [2.75, 3.05) is 5.32 Å². The van der Waals surface area contributed by atoms with E-state index in [0.29, 0.717) is 11.3 Å². The summed E-state index contributed by atoms with van der Waals surface area (Å²) in [7, 11) is 0. The van der Waals surface area contributed by atoms with Crippen LogP contribution in [0.5, 0.6) is 0 Å². The van der Waals surface area contributed by atoms with Gasteiger partial charge in [0.25, 0.3) is 5.91 Å². The maximum Gasteiger partial charge on any atom is 0.255 e.